The largest absolute Gasteiger partial charge is 0.348 e. The molecule has 0 bridgehead atoms. The second kappa shape index (κ2) is 8.25. The van der Waals surface area contributed by atoms with Gasteiger partial charge in [-0.15, -0.1) is 0 Å². The Morgan fingerprint density at radius 1 is 1.09 bits per heavy atom. The van der Waals surface area contributed by atoms with Crippen LogP contribution in [0, 0.1) is 16.2 Å². The highest BCUT2D eigenvalue weighted by Crippen LogP contribution is 2.26. The molecule has 0 amide bonds. The summed E-state index contributed by atoms with van der Waals surface area (Å²) in [6, 6.07) is 0. The van der Waals surface area contributed by atoms with Gasteiger partial charge < -0.3 is 0 Å². The molecule has 0 saturated heterocycles. The first kappa shape index (κ1) is 19.4. The zero-order chi connectivity index (χ0) is 17.6. The fraction of sp³-hybridized carbons (Fsp3) is 0.750. The summed E-state index contributed by atoms with van der Waals surface area (Å²) >= 11 is 5.03. The summed E-state index contributed by atoms with van der Waals surface area (Å²) in [5.41, 5.74) is -1.68. The summed E-state index contributed by atoms with van der Waals surface area (Å²) in [6.07, 6.45) is 8.36. The Labute approximate surface area is 142 Å². The van der Waals surface area contributed by atoms with Gasteiger partial charge in [0.25, 0.3) is 0 Å². The van der Waals surface area contributed by atoms with Gasteiger partial charge in [-0.05, 0) is 32.0 Å². The molecule has 7 heteroatoms. The molecule has 1 rings (SSSR count). The summed E-state index contributed by atoms with van der Waals surface area (Å²) in [5, 5.41) is 9.20. The second-order valence-electron chi connectivity index (χ2n) is 6.24. The average molecular weight is 338 g/mol. The third-order valence-corrected chi connectivity index (χ3v) is 4.79. The summed E-state index contributed by atoms with van der Waals surface area (Å²) in [5.74, 6) is 0. The molecular weight excluding hydrogens is 312 g/mol. The van der Waals surface area contributed by atoms with Gasteiger partial charge in [-0.2, -0.15) is 9.83 Å². The molecule has 0 aliphatic rings. The lowest BCUT2D eigenvalue weighted by Gasteiger charge is -2.31. The molecule has 1 aromatic heterocycles. The van der Waals surface area contributed by atoms with E-state index in [1.165, 1.54) is 16.2 Å². The number of unbranched alkanes of at least 4 members (excludes halogenated alkanes) is 3. The quantitative estimate of drug-likeness (QED) is 0.540. The third-order valence-electron chi connectivity index (χ3n) is 4.34. The first-order valence-electron chi connectivity index (χ1n) is 8.19. The van der Waals surface area contributed by atoms with Gasteiger partial charge in [0.15, 0.2) is 6.19 Å². The SMILES string of the molecule is CCCCCCC(C)(CCC)n1c(=O)n(C)c(=S)n(C#N)c1=O. The lowest BCUT2D eigenvalue weighted by Crippen LogP contribution is -2.53. The lowest BCUT2D eigenvalue weighted by molar-refractivity contribution is 0.229. The van der Waals surface area contributed by atoms with Gasteiger partial charge in [0.05, 0.1) is 5.54 Å². The van der Waals surface area contributed by atoms with Gasteiger partial charge in [-0.25, -0.2) is 14.2 Å². The van der Waals surface area contributed by atoms with Gasteiger partial charge in [0.2, 0.25) is 4.77 Å². The minimum atomic E-state index is -0.632. The van der Waals surface area contributed by atoms with Crippen molar-refractivity contribution >= 4 is 12.2 Å². The molecular formula is C16H26N4O2S. The number of rotatable bonds is 8. The molecule has 0 aliphatic heterocycles. The fourth-order valence-corrected chi connectivity index (χ4v) is 3.21. The molecule has 0 aromatic carbocycles. The fourth-order valence-electron chi connectivity index (χ4n) is 3.01. The minimum absolute atomic E-state index is 0.0661. The Bertz CT molecular complexity index is 753. The van der Waals surface area contributed by atoms with E-state index in [1.807, 2.05) is 13.8 Å². The van der Waals surface area contributed by atoms with E-state index < -0.39 is 16.9 Å². The smallest absolute Gasteiger partial charge is 0.272 e. The molecule has 1 atom stereocenters. The zero-order valence-corrected chi connectivity index (χ0v) is 15.3. The topological polar surface area (TPSA) is 72.7 Å². The van der Waals surface area contributed by atoms with E-state index in [-0.39, 0.29) is 4.77 Å². The second-order valence-corrected chi connectivity index (χ2v) is 6.60. The van der Waals surface area contributed by atoms with Gasteiger partial charge in [0, 0.05) is 7.05 Å². The molecule has 23 heavy (non-hydrogen) atoms. The van der Waals surface area contributed by atoms with Crippen molar-refractivity contribution in [3.05, 3.63) is 25.7 Å². The maximum atomic E-state index is 12.6. The molecule has 6 nitrogen and oxygen atoms in total. The number of nitrogens with zero attached hydrogens (tertiary/aromatic N) is 4. The molecule has 1 unspecified atom stereocenters. The number of nitriles is 1. The van der Waals surface area contributed by atoms with E-state index >= 15 is 0 Å². The first-order valence-corrected chi connectivity index (χ1v) is 8.60. The van der Waals surface area contributed by atoms with Crippen LogP contribution < -0.4 is 11.4 Å². The normalized spacial score (nSPS) is 13.5. The molecule has 0 fully saturated rings. The molecule has 0 N–H and O–H groups in total. The van der Waals surface area contributed by atoms with Crippen molar-refractivity contribution < 1.29 is 0 Å². The Hall–Kier alpha value is -1.68. The summed E-state index contributed by atoms with van der Waals surface area (Å²) in [6.45, 7) is 6.10. The van der Waals surface area contributed by atoms with Crippen LogP contribution in [-0.2, 0) is 12.6 Å². The van der Waals surface area contributed by atoms with Crippen molar-refractivity contribution in [1.29, 1.82) is 5.26 Å². The lowest BCUT2D eigenvalue weighted by atomic mass is 9.89. The Balaban J connectivity index is 3.47. The van der Waals surface area contributed by atoms with Gasteiger partial charge in [0.1, 0.15) is 0 Å². The monoisotopic (exact) mass is 338 g/mol. The van der Waals surface area contributed by atoms with Crippen molar-refractivity contribution in [3.63, 3.8) is 0 Å². The van der Waals surface area contributed by atoms with Crippen LogP contribution >= 0.6 is 12.2 Å². The summed E-state index contributed by atoms with van der Waals surface area (Å²) in [7, 11) is 1.50. The van der Waals surface area contributed by atoms with Crippen molar-refractivity contribution in [3.8, 4) is 6.19 Å². The van der Waals surface area contributed by atoms with E-state index in [9.17, 15) is 14.9 Å². The third kappa shape index (κ3) is 3.99. The summed E-state index contributed by atoms with van der Waals surface area (Å²) < 4.78 is 3.17. The van der Waals surface area contributed by atoms with Crippen LogP contribution in [0.5, 0.6) is 0 Å². The highest BCUT2D eigenvalue weighted by atomic mass is 32.1. The predicted molar refractivity (Wildman–Crippen MR) is 93.1 cm³/mol. The summed E-state index contributed by atoms with van der Waals surface area (Å²) in [4.78, 5) is 25.3. The van der Waals surface area contributed by atoms with E-state index in [4.69, 9.17) is 12.2 Å². The van der Waals surface area contributed by atoms with Crippen LogP contribution in [0.4, 0.5) is 0 Å². The zero-order valence-electron chi connectivity index (χ0n) is 14.5. The molecule has 0 aliphatic carbocycles. The standard InChI is InChI=1S/C16H26N4O2S/c1-5-7-8-9-11-16(3,10-6-2)20-13(21)18(4)15(23)19(12-17)14(20)22/h5-11H2,1-4H3. The predicted octanol–water partition coefficient (Wildman–Crippen LogP) is 2.89. The molecule has 0 spiro atoms. The van der Waals surface area contributed by atoms with Crippen molar-refractivity contribution in [2.24, 2.45) is 7.05 Å². The minimum Gasteiger partial charge on any atom is -0.272 e. The van der Waals surface area contributed by atoms with Gasteiger partial charge in [-0.3, -0.25) is 4.57 Å². The average Bonchev–Trinajstić information content (AvgIpc) is 2.50. The van der Waals surface area contributed by atoms with Crippen LogP contribution in [-0.4, -0.2) is 13.7 Å². The van der Waals surface area contributed by atoms with Crippen LogP contribution in [0.2, 0.25) is 0 Å². The van der Waals surface area contributed by atoms with E-state index in [0.717, 1.165) is 43.1 Å². The Morgan fingerprint density at radius 2 is 1.74 bits per heavy atom. The van der Waals surface area contributed by atoms with Crippen molar-refractivity contribution in [2.45, 2.75) is 71.3 Å². The van der Waals surface area contributed by atoms with Crippen LogP contribution in [0.1, 0.15) is 65.7 Å². The Kier molecular flexibility index (Phi) is 6.95. The highest BCUT2D eigenvalue weighted by Gasteiger charge is 2.30. The van der Waals surface area contributed by atoms with E-state index in [2.05, 4.69) is 6.92 Å². The van der Waals surface area contributed by atoms with Gasteiger partial charge >= 0.3 is 11.4 Å². The molecule has 0 radical (unpaired) electrons. The maximum absolute atomic E-state index is 12.6. The highest BCUT2D eigenvalue weighted by molar-refractivity contribution is 7.71. The number of aromatic nitrogens is 3. The first-order chi connectivity index (χ1) is 10.8. The van der Waals surface area contributed by atoms with E-state index in [0.29, 0.717) is 6.42 Å². The van der Waals surface area contributed by atoms with E-state index in [1.54, 1.807) is 6.19 Å². The van der Waals surface area contributed by atoms with Crippen molar-refractivity contribution in [2.75, 3.05) is 0 Å². The molecule has 1 heterocycles. The number of hydrogen-bond donors (Lipinski definition) is 0. The molecule has 1 aromatic rings. The van der Waals surface area contributed by atoms with Gasteiger partial charge in [-0.1, -0.05) is 46.0 Å². The maximum Gasteiger partial charge on any atom is 0.348 e. The van der Waals surface area contributed by atoms with Crippen LogP contribution in [0.25, 0.3) is 0 Å². The number of hydrogen-bond acceptors (Lipinski definition) is 4. The van der Waals surface area contributed by atoms with Crippen LogP contribution in [0.3, 0.4) is 0 Å². The molecule has 128 valence electrons. The Morgan fingerprint density at radius 3 is 2.26 bits per heavy atom. The van der Waals surface area contributed by atoms with Crippen LogP contribution in [0.15, 0.2) is 9.59 Å². The molecule has 0 saturated carbocycles. The van der Waals surface area contributed by atoms with Crippen molar-refractivity contribution in [1.82, 2.24) is 13.7 Å².